The predicted molar refractivity (Wildman–Crippen MR) is 298 cm³/mol. The summed E-state index contributed by atoms with van der Waals surface area (Å²) in [4.78, 5) is 60.4. The number of benzene rings is 3. The molecule has 0 aliphatic rings. The number of hydrogen-bond donors (Lipinski definition) is 0. The molecular weight excluding hydrogens is 1030 g/mol. The summed E-state index contributed by atoms with van der Waals surface area (Å²) in [6.07, 6.45) is 17.9. The molecule has 0 fully saturated rings. The van der Waals surface area contributed by atoms with Crippen molar-refractivity contribution < 1.29 is 66.6 Å². The lowest BCUT2D eigenvalue weighted by molar-refractivity contribution is -0.138. The number of rotatable bonds is 33. The molecule has 0 radical (unpaired) electrons. The predicted octanol–water partition coefficient (Wildman–Crippen LogP) is 13.3. The molecule has 75 heavy (non-hydrogen) atoms. The van der Waals surface area contributed by atoms with Crippen molar-refractivity contribution in [1.82, 2.24) is 0 Å². The molecular formula is C59H76BrNO14. The number of esters is 5. The van der Waals surface area contributed by atoms with Crippen LogP contribution in [0.3, 0.4) is 0 Å². The van der Waals surface area contributed by atoms with Crippen LogP contribution in [0.25, 0.3) is 0 Å². The molecule has 3 aromatic carbocycles. The van der Waals surface area contributed by atoms with Gasteiger partial charge >= 0.3 is 29.8 Å². The van der Waals surface area contributed by atoms with Crippen molar-refractivity contribution in [3.05, 3.63) is 169 Å². The first-order chi connectivity index (χ1) is 36.3. The Morgan fingerprint density at radius 2 is 0.880 bits per heavy atom. The van der Waals surface area contributed by atoms with Crippen molar-refractivity contribution in [2.75, 3.05) is 52.9 Å². The van der Waals surface area contributed by atoms with Gasteiger partial charge in [-0.1, -0.05) is 58.9 Å². The summed E-state index contributed by atoms with van der Waals surface area (Å²) in [6.45, 7) is 30.4. The van der Waals surface area contributed by atoms with Gasteiger partial charge in [-0.15, -0.1) is 0 Å². The number of ether oxygens (including phenoxy) is 9. The number of aliphatic imine (C=N–C) groups is 1. The Bertz CT molecular complexity index is 2260. The zero-order valence-electron chi connectivity index (χ0n) is 44.4. The number of carbonyl (C=O) groups is 5. The second kappa shape index (κ2) is 45.2. The fraction of sp³-hybridized carbons (Fsp3) is 0.356. The molecule has 0 atom stereocenters. The van der Waals surface area contributed by atoms with E-state index in [4.69, 9.17) is 42.6 Å². The molecule has 0 spiro atoms. The normalized spacial score (nSPS) is 10.4. The number of carbonyl (C=O) groups excluding carboxylic acids is 5. The van der Waals surface area contributed by atoms with E-state index in [0.29, 0.717) is 99.3 Å². The van der Waals surface area contributed by atoms with Gasteiger partial charge in [0.2, 0.25) is 0 Å². The minimum atomic E-state index is -0.498. The first-order valence-corrected chi connectivity index (χ1v) is 25.4. The van der Waals surface area contributed by atoms with E-state index in [1.54, 1.807) is 60.8 Å². The topological polar surface area (TPSA) is 181 Å². The van der Waals surface area contributed by atoms with Gasteiger partial charge in [0.25, 0.3) is 0 Å². The molecule has 0 saturated carbocycles. The zero-order valence-corrected chi connectivity index (χ0v) is 45.9. The number of allylic oxidation sites excluding steroid dienone is 5. The molecule has 15 nitrogen and oxygen atoms in total. The van der Waals surface area contributed by atoms with Gasteiger partial charge in [-0.3, -0.25) is 4.99 Å². The van der Waals surface area contributed by atoms with Crippen LogP contribution in [0.4, 0.5) is 5.69 Å². The lowest BCUT2D eigenvalue weighted by Gasteiger charge is -2.08. The van der Waals surface area contributed by atoms with E-state index in [1.807, 2.05) is 65.0 Å². The van der Waals surface area contributed by atoms with E-state index < -0.39 is 17.9 Å². The summed E-state index contributed by atoms with van der Waals surface area (Å²) in [5, 5.41) is 0. The maximum atomic E-state index is 12.6. The molecule has 0 amide bonds. The highest BCUT2D eigenvalue weighted by molar-refractivity contribution is 9.10. The molecule has 3 rings (SSSR count). The Balaban J connectivity index is 0.00000144. The molecule has 0 aromatic heterocycles. The molecule has 0 saturated heterocycles. The van der Waals surface area contributed by atoms with E-state index in [9.17, 15) is 24.0 Å². The zero-order chi connectivity index (χ0) is 55.9. The second-order valence-corrected chi connectivity index (χ2v) is 15.8. The summed E-state index contributed by atoms with van der Waals surface area (Å²) in [6, 6.07) is 19.3. The highest BCUT2D eigenvalue weighted by Gasteiger charge is 2.11. The van der Waals surface area contributed by atoms with Crippen molar-refractivity contribution >= 4 is 57.7 Å². The average Bonchev–Trinajstić information content (AvgIpc) is 3.43. The Labute approximate surface area is 452 Å². The van der Waals surface area contributed by atoms with Crippen LogP contribution in [0.2, 0.25) is 0 Å². The molecule has 0 unspecified atom stereocenters. The van der Waals surface area contributed by atoms with Crippen LogP contribution >= 0.6 is 15.9 Å². The van der Waals surface area contributed by atoms with Crippen molar-refractivity contribution in [2.45, 2.75) is 86.0 Å². The molecule has 0 aliphatic carbocycles. The van der Waals surface area contributed by atoms with Crippen LogP contribution < -0.4 is 14.2 Å². The fourth-order valence-electron chi connectivity index (χ4n) is 5.19. The highest BCUT2D eigenvalue weighted by Crippen LogP contribution is 2.30. The third-order valence-electron chi connectivity index (χ3n) is 9.21. The van der Waals surface area contributed by atoms with Gasteiger partial charge in [-0.2, -0.15) is 0 Å². The van der Waals surface area contributed by atoms with Crippen LogP contribution in [-0.2, 0) is 47.6 Å². The van der Waals surface area contributed by atoms with Crippen molar-refractivity contribution in [3.8, 4) is 17.2 Å². The van der Waals surface area contributed by atoms with E-state index >= 15 is 0 Å². The van der Waals surface area contributed by atoms with Gasteiger partial charge in [-0.25, -0.2) is 24.0 Å². The lowest BCUT2D eigenvalue weighted by atomic mass is 10.2. The molecule has 0 aliphatic heterocycles. The Morgan fingerprint density at radius 3 is 1.27 bits per heavy atom. The SMILES string of the molecule is C=C/C=C(\C)OCCCCOC(=O)C=C.C=CC(=O)OCCCCO/C(C)=C/C.C=CC(=O)OCCCCOc1ccc(C=Nc2ccc(OC(=O)c3ccc(OCCCCOC(=O)C=C)cc3)cc2Br)cc1.CC. The molecule has 0 heterocycles. The minimum absolute atomic E-state index is 0.314. The van der Waals surface area contributed by atoms with Crippen LogP contribution in [0.1, 0.15) is 102 Å². The van der Waals surface area contributed by atoms with E-state index in [1.165, 1.54) is 6.08 Å². The lowest BCUT2D eigenvalue weighted by Crippen LogP contribution is -2.08. The number of unbranched alkanes of at least 4 members (excludes halogenated alkanes) is 4. The van der Waals surface area contributed by atoms with Crippen molar-refractivity contribution in [2.24, 2.45) is 4.99 Å². The third-order valence-corrected chi connectivity index (χ3v) is 9.84. The summed E-state index contributed by atoms with van der Waals surface area (Å²) >= 11 is 3.49. The maximum absolute atomic E-state index is 12.6. The van der Waals surface area contributed by atoms with Gasteiger partial charge < -0.3 is 42.6 Å². The minimum Gasteiger partial charge on any atom is -0.499 e. The van der Waals surface area contributed by atoms with Crippen LogP contribution in [0.5, 0.6) is 17.2 Å². The van der Waals surface area contributed by atoms with Crippen LogP contribution in [0.15, 0.2) is 163 Å². The smallest absolute Gasteiger partial charge is 0.343 e. The molecule has 408 valence electrons. The number of nitrogens with zero attached hydrogens (tertiary/aromatic N) is 1. The van der Waals surface area contributed by atoms with Gasteiger partial charge in [-0.05, 0) is 166 Å². The van der Waals surface area contributed by atoms with Gasteiger partial charge in [0.05, 0.1) is 75.6 Å². The average molecular weight is 1100 g/mol. The third kappa shape index (κ3) is 36.2. The van der Waals surface area contributed by atoms with Crippen LogP contribution in [-0.4, -0.2) is 88.9 Å². The Kier molecular flexibility index (Phi) is 40.7. The number of hydrogen-bond acceptors (Lipinski definition) is 15. The molecule has 0 N–H and O–H groups in total. The van der Waals surface area contributed by atoms with Gasteiger partial charge in [0, 0.05) is 35.0 Å². The first-order valence-electron chi connectivity index (χ1n) is 24.6. The standard InChI is InChI=1S/C34H34BrNO8.C12H18O3.C11H18O3.C2H6/c1-3-32(37)42-21-7-5-19-40-27-13-9-25(10-14-27)24-36-31-18-17-29(23-30(31)35)44-34(39)26-11-15-28(16-12-26)41-20-6-8-22-43-33(38)4-2;1-4-8-11(3)14-9-6-7-10-15-12(13)5-2;1-4-10(3)13-8-6-7-9-14-11(12)5-2;1-2/h3-4,9-18,23-24H,1-2,5-8,19-22H2;4-5,8H,1-2,6-7,9-10H2,3H3;4-5H,2,6-9H2,1,3H3;1-2H3/b;11-8+;10-4+;. The molecule has 3 aromatic rings. The Morgan fingerprint density at radius 1 is 0.507 bits per heavy atom. The summed E-state index contributed by atoms with van der Waals surface area (Å²) in [5.74, 6) is 1.40. The van der Waals surface area contributed by atoms with Crippen LogP contribution in [0, 0.1) is 0 Å². The van der Waals surface area contributed by atoms with Crippen molar-refractivity contribution in [1.29, 1.82) is 0 Å². The maximum Gasteiger partial charge on any atom is 0.343 e. The highest BCUT2D eigenvalue weighted by atomic mass is 79.9. The van der Waals surface area contributed by atoms with Gasteiger partial charge in [0.1, 0.15) is 17.2 Å². The van der Waals surface area contributed by atoms with E-state index in [2.05, 4.69) is 53.8 Å². The number of halogens is 1. The van der Waals surface area contributed by atoms with E-state index in [-0.39, 0.29) is 11.9 Å². The largest absolute Gasteiger partial charge is 0.499 e. The summed E-state index contributed by atoms with van der Waals surface area (Å²) in [5.41, 5.74) is 1.94. The fourth-order valence-corrected chi connectivity index (χ4v) is 5.65. The summed E-state index contributed by atoms with van der Waals surface area (Å²) in [7, 11) is 0. The monoisotopic (exact) mass is 1100 g/mol. The van der Waals surface area contributed by atoms with E-state index in [0.717, 1.165) is 73.2 Å². The second-order valence-electron chi connectivity index (χ2n) is 15.0. The molecule has 0 bridgehead atoms. The van der Waals surface area contributed by atoms with Crippen molar-refractivity contribution in [3.63, 3.8) is 0 Å². The first kappa shape index (κ1) is 67.5. The quantitative estimate of drug-likeness (QED) is 0.00821. The molecule has 16 heteroatoms. The summed E-state index contributed by atoms with van der Waals surface area (Å²) < 4.78 is 47.7. The van der Waals surface area contributed by atoms with Gasteiger partial charge in [0.15, 0.2) is 0 Å². The Hall–Kier alpha value is -7.46.